The summed E-state index contributed by atoms with van der Waals surface area (Å²) in [5, 5.41) is 0. The number of morpholine rings is 1. The zero-order chi connectivity index (χ0) is 22.4. The molecule has 172 valence electrons. The van der Waals surface area contributed by atoms with Crippen molar-refractivity contribution < 1.29 is 18.3 Å². The summed E-state index contributed by atoms with van der Waals surface area (Å²) in [5.74, 6) is 0.379. The second-order valence-corrected chi connectivity index (χ2v) is 8.19. The smallest absolute Gasteiger partial charge is 0.296 e. The van der Waals surface area contributed by atoms with Gasteiger partial charge in [0.15, 0.2) is 22.8 Å². The molecule has 0 amide bonds. The molecule has 2 saturated heterocycles. The maximum atomic E-state index is 14.1. The third-order valence-corrected chi connectivity index (χ3v) is 6.14. The number of rotatable bonds is 4. The molecule has 0 spiro atoms. The van der Waals surface area contributed by atoms with Gasteiger partial charge in [-0.3, -0.25) is 9.13 Å². The fraction of sp³-hybridized carbons (Fsp3) is 0.455. The first-order chi connectivity index (χ1) is 16.2. The standard InChI is InChI=1S/C22H23F2N7O2/c23-18(24)21-26-14-5-1-2-6-15(14)31(21)20-17-19(27-22(28-20)29-8-11-32-12-9-29)30(13-25-17)16-7-3-4-10-33-16/h1-2,5-6,13,16,18H,3-4,7-12H2. The van der Waals surface area contributed by atoms with E-state index >= 15 is 0 Å². The van der Waals surface area contributed by atoms with Crippen molar-refractivity contribution in [2.45, 2.75) is 31.9 Å². The van der Waals surface area contributed by atoms with E-state index in [1.807, 2.05) is 9.47 Å². The van der Waals surface area contributed by atoms with Gasteiger partial charge in [0.2, 0.25) is 5.95 Å². The lowest BCUT2D eigenvalue weighted by atomic mass is 10.2. The Morgan fingerprint density at radius 3 is 2.64 bits per heavy atom. The summed E-state index contributed by atoms with van der Waals surface area (Å²) in [4.78, 5) is 20.3. The number of hydrogen-bond donors (Lipinski definition) is 0. The summed E-state index contributed by atoms with van der Waals surface area (Å²) < 4.78 is 43.0. The highest BCUT2D eigenvalue weighted by molar-refractivity contribution is 5.85. The summed E-state index contributed by atoms with van der Waals surface area (Å²) in [7, 11) is 0. The Morgan fingerprint density at radius 2 is 1.85 bits per heavy atom. The number of halogens is 2. The second-order valence-electron chi connectivity index (χ2n) is 8.19. The summed E-state index contributed by atoms with van der Waals surface area (Å²) in [6, 6.07) is 7.05. The lowest BCUT2D eigenvalue weighted by Gasteiger charge is -2.28. The third kappa shape index (κ3) is 3.51. The molecular formula is C22H23F2N7O2. The zero-order valence-corrected chi connectivity index (χ0v) is 17.9. The van der Waals surface area contributed by atoms with Gasteiger partial charge < -0.3 is 14.4 Å². The summed E-state index contributed by atoms with van der Waals surface area (Å²) in [5.41, 5.74) is 2.02. The maximum absolute atomic E-state index is 14.1. The minimum atomic E-state index is -2.78. The first-order valence-corrected chi connectivity index (χ1v) is 11.2. The quantitative estimate of drug-likeness (QED) is 0.465. The van der Waals surface area contributed by atoms with E-state index in [0.29, 0.717) is 66.9 Å². The predicted molar refractivity (Wildman–Crippen MR) is 117 cm³/mol. The fourth-order valence-electron chi connectivity index (χ4n) is 4.52. The largest absolute Gasteiger partial charge is 0.378 e. The van der Waals surface area contributed by atoms with Crippen molar-refractivity contribution in [3.8, 4) is 5.82 Å². The topological polar surface area (TPSA) is 83.1 Å². The van der Waals surface area contributed by atoms with Crippen LogP contribution in [0.25, 0.3) is 28.0 Å². The third-order valence-electron chi connectivity index (χ3n) is 6.14. The molecule has 9 nitrogen and oxygen atoms in total. The maximum Gasteiger partial charge on any atom is 0.296 e. The van der Waals surface area contributed by atoms with Crippen molar-refractivity contribution in [1.29, 1.82) is 0 Å². The van der Waals surface area contributed by atoms with Gasteiger partial charge in [-0.2, -0.15) is 9.97 Å². The zero-order valence-electron chi connectivity index (χ0n) is 17.9. The Morgan fingerprint density at radius 1 is 1.00 bits per heavy atom. The molecule has 0 N–H and O–H groups in total. The highest BCUT2D eigenvalue weighted by Crippen LogP contribution is 2.33. The van der Waals surface area contributed by atoms with E-state index in [2.05, 4.69) is 9.97 Å². The van der Waals surface area contributed by atoms with Gasteiger partial charge in [-0.05, 0) is 31.4 Å². The van der Waals surface area contributed by atoms with E-state index in [1.165, 1.54) is 4.57 Å². The number of benzene rings is 1. The monoisotopic (exact) mass is 455 g/mol. The Kier molecular flexibility index (Phi) is 5.14. The molecule has 0 radical (unpaired) electrons. The van der Waals surface area contributed by atoms with Gasteiger partial charge in [0, 0.05) is 19.7 Å². The number of anilines is 1. The Bertz CT molecular complexity index is 1290. The summed E-state index contributed by atoms with van der Waals surface area (Å²) in [6.07, 6.45) is 1.59. The van der Waals surface area contributed by atoms with Gasteiger partial charge in [-0.25, -0.2) is 18.7 Å². The van der Waals surface area contributed by atoms with Gasteiger partial charge in [0.25, 0.3) is 6.43 Å². The van der Waals surface area contributed by atoms with E-state index in [0.717, 1.165) is 19.3 Å². The average Bonchev–Trinajstić information content (AvgIpc) is 3.47. The van der Waals surface area contributed by atoms with Crippen LogP contribution in [0.4, 0.5) is 14.7 Å². The molecule has 0 bridgehead atoms. The van der Waals surface area contributed by atoms with Crippen molar-refractivity contribution in [3.05, 3.63) is 36.4 Å². The predicted octanol–water partition coefficient (Wildman–Crippen LogP) is 3.64. The molecule has 1 atom stereocenters. The van der Waals surface area contributed by atoms with Gasteiger partial charge in [0.05, 0.1) is 30.6 Å². The molecule has 1 unspecified atom stereocenters. The number of nitrogens with zero attached hydrogens (tertiary/aromatic N) is 7. The van der Waals surface area contributed by atoms with Crippen LogP contribution in [0.2, 0.25) is 0 Å². The molecule has 0 saturated carbocycles. The molecule has 1 aromatic carbocycles. The van der Waals surface area contributed by atoms with Crippen molar-refractivity contribution in [1.82, 2.24) is 29.1 Å². The van der Waals surface area contributed by atoms with Crippen LogP contribution in [0, 0.1) is 0 Å². The number of imidazole rings is 2. The van der Waals surface area contributed by atoms with E-state index in [9.17, 15) is 8.78 Å². The van der Waals surface area contributed by atoms with E-state index < -0.39 is 6.43 Å². The molecule has 4 aromatic rings. The van der Waals surface area contributed by atoms with Crippen molar-refractivity contribution in [2.24, 2.45) is 0 Å². The van der Waals surface area contributed by atoms with Crippen LogP contribution < -0.4 is 4.90 Å². The summed E-state index contributed by atoms with van der Waals surface area (Å²) >= 11 is 0. The first-order valence-electron chi connectivity index (χ1n) is 11.2. The summed E-state index contributed by atoms with van der Waals surface area (Å²) in [6.45, 7) is 3.01. The van der Waals surface area contributed by atoms with Crippen molar-refractivity contribution in [2.75, 3.05) is 37.8 Å². The van der Waals surface area contributed by atoms with E-state index in [-0.39, 0.29) is 12.1 Å². The number of ether oxygens (including phenoxy) is 2. The Labute approximate surface area is 188 Å². The average molecular weight is 455 g/mol. The molecule has 3 aromatic heterocycles. The molecule has 2 fully saturated rings. The molecule has 33 heavy (non-hydrogen) atoms. The van der Waals surface area contributed by atoms with Crippen LogP contribution >= 0.6 is 0 Å². The Hall–Kier alpha value is -3.18. The second kappa shape index (κ2) is 8.31. The molecule has 11 heteroatoms. The van der Waals surface area contributed by atoms with Crippen LogP contribution in [-0.2, 0) is 9.47 Å². The van der Waals surface area contributed by atoms with Gasteiger partial charge >= 0.3 is 0 Å². The molecule has 6 rings (SSSR count). The lowest BCUT2D eigenvalue weighted by Crippen LogP contribution is -2.37. The number of hydrogen-bond acceptors (Lipinski definition) is 7. The SMILES string of the molecule is FC(F)c1nc2ccccc2n1-c1nc(N2CCOCC2)nc2c1ncn2C1CCCCO1. The van der Waals surface area contributed by atoms with Crippen LogP contribution in [0.3, 0.4) is 0 Å². The Balaban J connectivity index is 1.61. The van der Waals surface area contributed by atoms with Crippen LogP contribution in [0.15, 0.2) is 30.6 Å². The minimum absolute atomic E-state index is 0.196. The minimum Gasteiger partial charge on any atom is -0.378 e. The van der Waals surface area contributed by atoms with E-state index in [4.69, 9.17) is 19.4 Å². The fourth-order valence-corrected chi connectivity index (χ4v) is 4.52. The number of para-hydroxylation sites is 2. The number of alkyl halides is 2. The van der Waals surface area contributed by atoms with Crippen LogP contribution in [-0.4, -0.2) is 62.0 Å². The van der Waals surface area contributed by atoms with Crippen molar-refractivity contribution in [3.63, 3.8) is 0 Å². The van der Waals surface area contributed by atoms with Crippen LogP contribution in [0.1, 0.15) is 37.7 Å². The normalized spacial score (nSPS) is 19.7. The highest BCUT2D eigenvalue weighted by atomic mass is 19.3. The molecular weight excluding hydrogens is 432 g/mol. The molecule has 5 heterocycles. The molecule has 2 aliphatic heterocycles. The van der Waals surface area contributed by atoms with E-state index in [1.54, 1.807) is 30.6 Å². The van der Waals surface area contributed by atoms with Gasteiger partial charge in [0.1, 0.15) is 6.23 Å². The van der Waals surface area contributed by atoms with Crippen LogP contribution in [0.5, 0.6) is 0 Å². The lowest BCUT2D eigenvalue weighted by molar-refractivity contribution is -0.0298. The molecule has 0 aliphatic carbocycles. The number of fused-ring (bicyclic) bond motifs is 2. The number of aromatic nitrogens is 6. The van der Waals surface area contributed by atoms with Crippen molar-refractivity contribution >= 4 is 28.1 Å². The first kappa shape index (κ1) is 20.4. The highest BCUT2D eigenvalue weighted by Gasteiger charge is 2.28. The van der Waals surface area contributed by atoms with Gasteiger partial charge in [-0.15, -0.1) is 0 Å². The van der Waals surface area contributed by atoms with Gasteiger partial charge in [-0.1, -0.05) is 12.1 Å². The molecule has 2 aliphatic rings.